The standard InChI is InChI=1S/C6H11NO3S.Na/c1-3-10-5(8)4-7(2)6(9)11;/h3-4H2,1-2H3,(H,9,11);/q;+1/p-1. The van der Waals surface area contributed by atoms with Gasteiger partial charge >= 0.3 is 35.5 Å². The van der Waals surface area contributed by atoms with E-state index in [-0.39, 0.29) is 36.1 Å². The molecule has 0 rings (SSSR count). The number of hydrogen-bond donors (Lipinski definition) is 0. The van der Waals surface area contributed by atoms with E-state index in [1.54, 1.807) is 6.92 Å². The van der Waals surface area contributed by atoms with E-state index in [2.05, 4.69) is 17.4 Å². The van der Waals surface area contributed by atoms with Crippen LogP contribution in [-0.2, 0) is 22.2 Å². The fraction of sp³-hybridized carbons (Fsp3) is 0.667. The molecule has 0 aromatic heterocycles. The Morgan fingerprint density at radius 3 is 2.33 bits per heavy atom. The Morgan fingerprint density at radius 2 is 2.00 bits per heavy atom. The van der Waals surface area contributed by atoms with E-state index in [4.69, 9.17) is 0 Å². The van der Waals surface area contributed by atoms with Crippen molar-refractivity contribution in [3.63, 3.8) is 0 Å². The maximum absolute atomic E-state index is 10.7. The number of carbonyl (C=O) groups is 2. The third-order valence-corrected chi connectivity index (χ3v) is 1.29. The van der Waals surface area contributed by atoms with Crippen molar-refractivity contribution in [2.75, 3.05) is 20.2 Å². The summed E-state index contributed by atoms with van der Waals surface area (Å²) in [5, 5.41) is -0.557. The fourth-order valence-corrected chi connectivity index (χ4v) is 0.529. The van der Waals surface area contributed by atoms with Crippen molar-refractivity contribution in [1.82, 2.24) is 4.90 Å². The Morgan fingerprint density at radius 1 is 1.50 bits per heavy atom. The van der Waals surface area contributed by atoms with Crippen molar-refractivity contribution in [1.29, 1.82) is 0 Å². The number of amides is 1. The molecule has 0 aliphatic carbocycles. The fourth-order valence-electron chi connectivity index (χ4n) is 0.465. The maximum atomic E-state index is 10.7. The summed E-state index contributed by atoms with van der Waals surface area (Å²) >= 11 is 4.28. The molecule has 0 spiro atoms. The molecule has 0 fully saturated rings. The van der Waals surface area contributed by atoms with E-state index in [0.717, 1.165) is 4.90 Å². The summed E-state index contributed by atoms with van der Waals surface area (Å²) in [4.78, 5) is 22.2. The Bertz CT molecular complexity index is 165. The molecule has 0 aliphatic rings. The average molecular weight is 199 g/mol. The zero-order chi connectivity index (χ0) is 8.85. The molecule has 0 radical (unpaired) electrons. The second-order valence-corrected chi connectivity index (χ2v) is 2.28. The smallest absolute Gasteiger partial charge is 0.719 e. The van der Waals surface area contributed by atoms with Crippen molar-refractivity contribution in [2.45, 2.75) is 6.92 Å². The molecule has 1 amide bonds. The molecular formula is C6H10NNaO3S. The molecule has 0 aliphatic heterocycles. The van der Waals surface area contributed by atoms with Crippen LogP contribution >= 0.6 is 0 Å². The minimum absolute atomic E-state index is 0. The van der Waals surface area contributed by atoms with Crippen LogP contribution in [-0.4, -0.2) is 36.3 Å². The van der Waals surface area contributed by atoms with Gasteiger partial charge in [0.25, 0.3) is 0 Å². The van der Waals surface area contributed by atoms with Gasteiger partial charge in [-0.3, -0.25) is 4.79 Å². The molecule has 4 nitrogen and oxygen atoms in total. The second kappa shape index (κ2) is 7.79. The molecular weight excluding hydrogens is 189 g/mol. The third kappa shape index (κ3) is 6.84. The molecule has 64 valence electrons. The van der Waals surface area contributed by atoms with Gasteiger partial charge in [-0.2, -0.15) is 0 Å². The van der Waals surface area contributed by atoms with Gasteiger partial charge in [-0.1, -0.05) is 0 Å². The number of nitrogens with zero attached hydrogens (tertiary/aromatic N) is 1. The number of rotatable bonds is 3. The Labute approximate surface area is 99.3 Å². The molecule has 0 saturated heterocycles. The van der Waals surface area contributed by atoms with Crippen LogP contribution in [0.4, 0.5) is 4.79 Å². The summed E-state index contributed by atoms with van der Waals surface area (Å²) < 4.78 is 4.58. The monoisotopic (exact) mass is 199 g/mol. The summed E-state index contributed by atoms with van der Waals surface area (Å²) in [5.74, 6) is -0.437. The van der Waals surface area contributed by atoms with Gasteiger partial charge in [0.2, 0.25) is 0 Å². The minimum atomic E-state index is -0.557. The van der Waals surface area contributed by atoms with Crippen molar-refractivity contribution in [3.05, 3.63) is 0 Å². The largest absolute Gasteiger partial charge is 1.00 e. The first-order chi connectivity index (χ1) is 5.07. The molecule has 0 atom stereocenters. The van der Waals surface area contributed by atoms with Gasteiger partial charge in [0, 0.05) is 7.05 Å². The number of likely N-dealkylation sites (N-methyl/N-ethyl adjacent to an activating group) is 1. The molecule has 0 saturated carbocycles. The molecule has 0 bridgehead atoms. The minimum Gasteiger partial charge on any atom is -0.719 e. The van der Waals surface area contributed by atoms with Crippen LogP contribution in [0.5, 0.6) is 0 Å². The molecule has 0 N–H and O–H groups in total. The van der Waals surface area contributed by atoms with E-state index in [1.165, 1.54) is 7.05 Å². The third-order valence-electron chi connectivity index (χ3n) is 0.983. The quantitative estimate of drug-likeness (QED) is 0.279. The summed E-state index contributed by atoms with van der Waals surface area (Å²) in [6.07, 6.45) is 0. The predicted octanol–water partition coefficient (Wildman–Crippen LogP) is -2.85. The number of esters is 1. The zero-order valence-electron chi connectivity index (χ0n) is 7.49. The molecule has 0 aromatic carbocycles. The predicted molar refractivity (Wildman–Crippen MR) is 42.0 cm³/mol. The van der Waals surface area contributed by atoms with Gasteiger partial charge in [-0.25, -0.2) is 0 Å². The molecule has 6 heteroatoms. The average Bonchev–Trinajstić information content (AvgIpc) is 1.87. The van der Waals surface area contributed by atoms with Crippen molar-refractivity contribution < 1.29 is 43.9 Å². The zero-order valence-corrected chi connectivity index (χ0v) is 10.3. The van der Waals surface area contributed by atoms with Crippen molar-refractivity contribution >= 4 is 23.8 Å². The molecule has 0 aromatic rings. The molecule has 0 unspecified atom stereocenters. The van der Waals surface area contributed by atoms with Gasteiger partial charge < -0.3 is 27.1 Å². The summed E-state index contributed by atoms with van der Waals surface area (Å²) in [6, 6.07) is 0. The van der Waals surface area contributed by atoms with Crippen LogP contribution in [0.2, 0.25) is 0 Å². The summed E-state index contributed by atoms with van der Waals surface area (Å²) in [5.41, 5.74) is 0. The molecule has 0 heterocycles. The first kappa shape index (κ1) is 14.7. The van der Waals surface area contributed by atoms with Gasteiger partial charge in [-0.15, -0.1) is 0 Å². The van der Waals surface area contributed by atoms with Gasteiger partial charge in [0.1, 0.15) is 11.8 Å². The topological polar surface area (TPSA) is 46.6 Å². The first-order valence-electron chi connectivity index (χ1n) is 3.15. The van der Waals surface area contributed by atoms with E-state index in [9.17, 15) is 9.59 Å². The Hall–Kier alpha value is 0.160. The first-order valence-corrected chi connectivity index (χ1v) is 3.56. The van der Waals surface area contributed by atoms with Crippen LogP contribution in [0.25, 0.3) is 0 Å². The van der Waals surface area contributed by atoms with Crippen LogP contribution < -0.4 is 29.6 Å². The van der Waals surface area contributed by atoms with Crippen LogP contribution in [0.3, 0.4) is 0 Å². The van der Waals surface area contributed by atoms with E-state index >= 15 is 0 Å². The number of hydrogen-bond acceptors (Lipinski definition) is 4. The maximum Gasteiger partial charge on any atom is 1.00 e. The van der Waals surface area contributed by atoms with E-state index in [1.807, 2.05) is 0 Å². The van der Waals surface area contributed by atoms with Crippen molar-refractivity contribution in [3.8, 4) is 0 Å². The summed E-state index contributed by atoms with van der Waals surface area (Å²) in [6.45, 7) is 1.95. The van der Waals surface area contributed by atoms with E-state index < -0.39 is 11.2 Å². The number of carbonyl (C=O) groups excluding carboxylic acids is 2. The second-order valence-electron chi connectivity index (χ2n) is 1.93. The van der Waals surface area contributed by atoms with Crippen LogP contribution in [0.1, 0.15) is 6.92 Å². The van der Waals surface area contributed by atoms with Gasteiger partial charge in [0.15, 0.2) is 0 Å². The van der Waals surface area contributed by atoms with Gasteiger partial charge in [0.05, 0.1) is 6.61 Å². The van der Waals surface area contributed by atoms with Crippen LogP contribution in [0.15, 0.2) is 0 Å². The van der Waals surface area contributed by atoms with Crippen molar-refractivity contribution in [2.24, 2.45) is 0 Å². The van der Waals surface area contributed by atoms with E-state index in [0.29, 0.717) is 6.61 Å². The Balaban J connectivity index is 0. The van der Waals surface area contributed by atoms with Gasteiger partial charge in [-0.05, 0) is 6.92 Å². The van der Waals surface area contributed by atoms with Crippen LogP contribution in [0, 0.1) is 0 Å². The SMILES string of the molecule is CCOC(=O)CN(C)C(=O)[S-].[Na+]. The Kier molecular flexibility index (Phi) is 9.53. The molecule has 12 heavy (non-hydrogen) atoms. The normalized spacial score (nSPS) is 8.17. The number of ether oxygens (including phenoxy) is 1. The summed E-state index contributed by atoms with van der Waals surface area (Å²) in [7, 11) is 1.45.